The van der Waals surface area contributed by atoms with E-state index >= 15 is 0 Å². The van der Waals surface area contributed by atoms with E-state index in [1.54, 1.807) is 10.9 Å². The number of pyridine rings is 1. The number of carbonyl (C=O) groups excluding carboxylic acids is 2. The van der Waals surface area contributed by atoms with Gasteiger partial charge in [-0.15, -0.1) is 0 Å². The van der Waals surface area contributed by atoms with Crippen LogP contribution in [0, 0.1) is 0 Å². The number of hydrogen-bond acceptors (Lipinski definition) is 7. The average Bonchev–Trinajstić information content (AvgIpc) is 3.69. The minimum atomic E-state index is -5.39. The molecule has 242 valence electrons. The van der Waals surface area contributed by atoms with E-state index in [1.165, 1.54) is 38.3 Å². The maximum absolute atomic E-state index is 14.8. The van der Waals surface area contributed by atoms with Crippen LogP contribution in [0.25, 0.3) is 22.2 Å². The molecule has 0 spiro atoms. The molecule has 4 aromatic rings. The zero-order chi connectivity index (χ0) is 33.2. The van der Waals surface area contributed by atoms with Gasteiger partial charge in [0.2, 0.25) is 11.5 Å². The first-order valence-corrected chi connectivity index (χ1v) is 14.2. The second-order valence-corrected chi connectivity index (χ2v) is 11.6. The highest BCUT2D eigenvalue weighted by Gasteiger charge is 2.57. The molecular weight excluding hydrogens is 617 g/mol. The van der Waals surface area contributed by atoms with E-state index in [-0.39, 0.29) is 52.1 Å². The number of halogens is 5. The highest BCUT2D eigenvalue weighted by Crippen LogP contribution is 2.48. The minimum Gasteiger partial charge on any atom is -0.494 e. The summed E-state index contributed by atoms with van der Waals surface area (Å²) in [7, 11) is 1.37. The van der Waals surface area contributed by atoms with Gasteiger partial charge in [0.05, 0.1) is 25.4 Å². The molecule has 2 aliphatic rings. The predicted molar refractivity (Wildman–Crippen MR) is 154 cm³/mol. The van der Waals surface area contributed by atoms with Crippen molar-refractivity contribution in [2.24, 2.45) is 5.73 Å². The average molecular weight is 646 g/mol. The van der Waals surface area contributed by atoms with Crippen molar-refractivity contribution in [2.75, 3.05) is 20.3 Å². The number of nitrogens with two attached hydrogens (primary N) is 1. The number of rotatable bonds is 9. The molecule has 1 saturated carbocycles. The number of fused-ring (bicyclic) bond motifs is 2. The monoisotopic (exact) mass is 645 g/mol. The Hall–Kier alpha value is -4.79. The van der Waals surface area contributed by atoms with Crippen LogP contribution in [0.3, 0.4) is 0 Å². The Morgan fingerprint density at radius 2 is 1.89 bits per heavy atom. The van der Waals surface area contributed by atoms with Gasteiger partial charge in [0.25, 0.3) is 12.3 Å². The fourth-order valence-corrected chi connectivity index (χ4v) is 5.36. The fourth-order valence-electron chi connectivity index (χ4n) is 5.36. The lowest BCUT2D eigenvalue weighted by Gasteiger charge is -2.31. The summed E-state index contributed by atoms with van der Waals surface area (Å²) in [6.45, 7) is -0.355. The third-order valence-electron chi connectivity index (χ3n) is 8.44. The van der Waals surface area contributed by atoms with Crippen LogP contribution in [0.5, 0.6) is 11.5 Å². The number of aromatic nitrogens is 3. The van der Waals surface area contributed by atoms with Gasteiger partial charge in [0.15, 0.2) is 0 Å². The molecule has 2 amide bonds. The molecule has 3 heterocycles. The zero-order valence-corrected chi connectivity index (χ0v) is 24.5. The standard InChI is InChI=1S/C31H28F5N5O5/c1-29(28(37)43)14-46-25-20(29)11-22(39-24(25)15-3-5-16(6-4-15)26(32)33)30(44,31(34,35)36)13-38-27(42)17-9-18-12-41(19-7-8-19)40-23(18)21(10-17)45-2/h3-6,9-12,19,26,44H,7-8,13-14H2,1-2H3,(H2,37,43)(H,38,42)/t29-,30?/m0/s1. The van der Waals surface area contributed by atoms with Crippen molar-refractivity contribution in [3.05, 3.63) is 71.0 Å². The third kappa shape index (κ3) is 5.17. The first-order valence-electron chi connectivity index (χ1n) is 14.2. The molecule has 0 radical (unpaired) electrons. The number of alkyl halides is 5. The van der Waals surface area contributed by atoms with E-state index in [1.807, 2.05) is 0 Å². The van der Waals surface area contributed by atoms with Gasteiger partial charge < -0.3 is 25.6 Å². The van der Waals surface area contributed by atoms with Crippen molar-refractivity contribution in [3.63, 3.8) is 0 Å². The summed E-state index contributed by atoms with van der Waals surface area (Å²) < 4.78 is 83.4. The van der Waals surface area contributed by atoms with E-state index in [4.69, 9.17) is 15.2 Å². The third-order valence-corrected chi connectivity index (χ3v) is 8.44. The highest BCUT2D eigenvalue weighted by atomic mass is 19.4. The second-order valence-electron chi connectivity index (χ2n) is 11.6. The van der Waals surface area contributed by atoms with Crippen molar-refractivity contribution in [1.82, 2.24) is 20.1 Å². The van der Waals surface area contributed by atoms with E-state index in [9.17, 15) is 36.6 Å². The summed E-state index contributed by atoms with van der Waals surface area (Å²) in [6, 6.07) is 8.43. The summed E-state index contributed by atoms with van der Waals surface area (Å²) in [5.74, 6) is -1.71. The van der Waals surface area contributed by atoms with Crippen molar-refractivity contribution < 1.29 is 46.1 Å². The van der Waals surface area contributed by atoms with Gasteiger partial charge in [-0.2, -0.15) is 18.3 Å². The Morgan fingerprint density at radius 3 is 2.48 bits per heavy atom. The molecule has 0 saturated heterocycles. The number of aliphatic hydroxyl groups is 1. The van der Waals surface area contributed by atoms with Gasteiger partial charge in [-0.1, -0.05) is 24.3 Å². The number of primary amides is 1. The topological polar surface area (TPSA) is 142 Å². The van der Waals surface area contributed by atoms with E-state index < -0.39 is 47.7 Å². The van der Waals surface area contributed by atoms with Crippen LogP contribution in [0.4, 0.5) is 22.0 Å². The number of benzene rings is 2. The number of carbonyl (C=O) groups is 2. The molecule has 1 aliphatic heterocycles. The van der Waals surface area contributed by atoms with Gasteiger partial charge in [0.1, 0.15) is 34.7 Å². The van der Waals surface area contributed by atoms with Crippen molar-refractivity contribution in [2.45, 2.75) is 49.4 Å². The van der Waals surface area contributed by atoms with Gasteiger partial charge in [-0.05, 0) is 38.0 Å². The molecule has 4 N–H and O–H groups in total. The second kappa shape index (κ2) is 10.9. The number of hydrogen-bond donors (Lipinski definition) is 3. The Bertz CT molecular complexity index is 1860. The molecule has 1 aliphatic carbocycles. The van der Waals surface area contributed by atoms with Crippen LogP contribution < -0.4 is 20.5 Å². The number of methoxy groups -OCH3 is 1. The lowest BCUT2D eigenvalue weighted by Crippen LogP contribution is -2.51. The molecule has 2 atom stereocenters. The molecule has 46 heavy (non-hydrogen) atoms. The summed E-state index contributed by atoms with van der Waals surface area (Å²) in [6.07, 6.45) is -4.58. The van der Waals surface area contributed by atoms with Crippen LogP contribution in [-0.2, 0) is 15.8 Å². The van der Waals surface area contributed by atoms with Gasteiger partial charge >= 0.3 is 6.18 Å². The summed E-state index contributed by atoms with van der Waals surface area (Å²) in [5.41, 5.74) is -0.911. The summed E-state index contributed by atoms with van der Waals surface area (Å²) >= 11 is 0. The van der Waals surface area contributed by atoms with E-state index in [0.29, 0.717) is 10.9 Å². The zero-order valence-electron chi connectivity index (χ0n) is 24.5. The molecule has 2 aromatic heterocycles. The Labute approximate surface area is 258 Å². The number of nitrogens with zero attached hydrogens (tertiary/aromatic N) is 3. The molecule has 1 unspecified atom stereocenters. The molecule has 1 fully saturated rings. The first kappa shape index (κ1) is 31.2. The molecule has 2 aromatic carbocycles. The predicted octanol–water partition coefficient (Wildman–Crippen LogP) is 4.69. The summed E-state index contributed by atoms with van der Waals surface area (Å²) in [4.78, 5) is 29.8. The van der Waals surface area contributed by atoms with Gasteiger partial charge in [0, 0.05) is 33.8 Å². The van der Waals surface area contributed by atoms with Crippen LogP contribution in [0.2, 0.25) is 0 Å². The number of ether oxygens (including phenoxy) is 2. The molecular formula is C31H28F5N5O5. The maximum atomic E-state index is 14.8. The maximum Gasteiger partial charge on any atom is 0.424 e. The van der Waals surface area contributed by atoms with Crippen molar-refractivity contribution in [1.29, 1.82) is 0 Å². The van der Waals surface area contributed by atoms with E-state index in [2.05, 4.69) is 15.4 Å². The number of amides is 2. The fraction of sp³-hybridized carbons (Fsp3) is 0.355. The SMILES string of the molecule is COc1cc(C(=O)NCC(O)(c2cc3c(c(-c4ccc(C(F)F)cc4)n2)OC[C@]3(C)C(N)=O)C(F)(F)F)cc2cn(C3CC3)nc12. The highest BCUT2D eigenvalue weighted by molar-refractivity contribution is 6.00. The normalized spacial score (nSPS) is 19.1. The lowest BCUT2D eigenvalue weighted by atomic mass is 9.81. The first-order chi connectivity index (χ1) is 21.7. The molecule has 10 nitrogen and oxygen atoms in total. The smallest absolute Gasteiger partial charge is 0.424 e. The lowest BCUT2D eigenvalue weighted by molar-refractivity contribution is -0.265. The Kier molecular flexibility index (Phi) is 7.41. The van der Waals surface area contributed by atoms with Crippen molar-refractivity contribution in [3.8, 4) is 22.8 Å². The largest absolute Gasteiger partial charge is 0.494 e. The molecule has 15 heteroatoms. The van der Waals surface area contributed by atoms with Gasteiger partial charge in [-0.25, -0.2) is 13.8 Å². The van der Waals surface area contributed by atoms with Crippen molar-refractivity contribution >= 4 is 22.7 Å². The molecule has 6 rings (SSSR count). The van der Waals surface area contributed by atoms with E-state index in [0.717, 1.165) is 31.0 Å². The minimum absolute atomic E-state index is 0.0411. The molecule has 0 bridgehead atoms. The Balaban J connectivity index is 1.40. The summed E-state index contributed by atoms with van der Waals surface area (Å²) in [5, 5.41) is 18.5. The van der Waals surface area contributed by atoms with Crippen LogP contribution in [0.15, 0.2) is 48.7 Å². The number of nitrogens with one attached hydrogen (secondary N) is 1. The van der Waals surface area contributed by atoms with Gasteiger partial charge in [-0.3, -0.25) is 14.3 Å². The Morgan fingerprint density at radius 1 is 1.20 bits per heavy atom. The van der Waals surface area contributed by atoms with Crippen LogP contribution in [-0.4, -0.2) is 58.1 Å². The van der Waals surface area contributed by atoms with Crippen LogP contribution in [0.1, 0.15) is 59.4 Å². The quantitative estimate of drug-likeness (QED) is 0.224. The van der Waals surface area contributed by atoms with Crippen LogP contribution >= 0.6 is 0 Å².